The molecule has 0 radical (unpaired) electrons. The predicted octanol–water partition coefficient (Wildman–Crippen LogP) is 4.71. The molecule has 0 bridgehead atoms. The van der Waals surface area contributed by atoms with Crippen LogP contribution in [0.4, 0.5) is 0 Å². The van der Waals surface area contributed by atoms with Crippen LogP contribution in [0.1, 0.15) is 22.8 Å². The van der Waals surface area contributed by atoms with Gasteiger partial charge in [0.1, 0.15) is 23.0 Å². The van der Waals surface area contributed by atoms with Gasteiger partial charge in [-0.1, -0.05) is 18.2 Å². The minimum atomic E-state index is -0.174. The standard InChI is InChI=1S/C24H23N3O3/c1-17-8-11-21(29-17)14-15-25-23(28)13-10-19-16-27(20-6-4-3-5-7-20)26-24(19)22-12-9-18(2)30-22/h3-13,16H,14-15H2,1-2H3,(H,25,28)/b13-10+. The molecule has 0 aliphatic rings. The van der Waals surface area contributed by atoms with Gasteiger partial charge in [-0.15, -0.1) is 0 Å². The van der Waals surface area contributed by atoms with E-state index >= 15 is 0 Å². The van der Waals surface area contributed by atoms with Gasteiger partial charge in [0.05, 0.1) is 5.69 Å². The molecule has 1 N–H and O–H groups in total. The summed E-state index contributed by atoms with van der Waals surface area (Å²) in [5.41, 5.74) is 2.41. The number of hydrogen-bond donors (Lipinski definition) is 1. The molecule has 0 aliphatic heterocycles. The van der Waals surface area contributed by atoms with Crippen molar-refractivity contribution in [1.29, 1.82) is 0 Å². The summed E-state index contributed by atoms with van der Waals surface area (Å²) < 4.78 is 13.1. The Morgan fingerprint density at radius 1 is 1.03 bits per heavy atom. The fraction of sp³-hybridized carbons (Fsp3) is 0.167. The Hall–Kier alpha value is -3.80. The van der Waals surface area contributed by atoms with Crippen molar-refractivity contribution in [2.75, 3.05) is 6.54 Å². The Labute approximate surface area is 174 Å². The van der Waals surface area contributed by atoms with Crippen molar-refractivity contribution in [2.45, 2.75) is 20.3 Å². The molecule has 4 aromatic rings. The van der Waals surface area contributed by atoms with Crippen LogP contribution in [0, 0.1) is 13.8 Å². The van der Waals surface area contributed by atoms with Crippen LogP contribution < -0.4 is 5.32 Å². The lowest BCUT2D eigenvalue weighted by atomic mass is 10.2. The number of nitrogens with one attached hydrogen (secondary N) is 1. The number of aryl methyl sites for hydroxylation is 2. The largest absolute Gasteiger partial charge is 0.466 e. The highest BCUT2D eigenvalue weighted by Gasteiger charge is 2.14. The first kappa shape index (κ1) is 19.5. The van der Waals surface area contributed by atoms with Crippen molar-refractivity contribution in [3.05, 3.63) is 89.7 Å². The number of nitrogens with zero attached hydrogens (tertiary/aromatic N) is 2. The molecule has 0 unspecified atom stereocenters. The molecule has 1 amide bonds. The highest BCUT2D eigenvalue weighted by Crippen LogP contribution is 2.26. The van der Waals surface area contributed by atoms with Crippen molar-refractivity contribution >= 4 is 12.0 Å². The molecule has 0 aliphatic carbocycles. The normalized spacial score (nSPS) is 11.3. The minimum Gasteiger partial charge on any atom is -0.466 e. The number of aromatic nitrogens is 2. The molecule has 152 valence electrons. The van der Waals surface area contributed by atoms with Gasteiger partial charge in [-0.25, -0.2) is 4.68 Å². The van der Waals surface area contributed by atoms with Gasteiger partial charge in [-0.05, 0) is 56.3 Å². The van der Waals surface area contributed by atoms with Crippen LogP contribution in [0.5, 0.6) is 0 Å². The average Bonchev–Trinajstić information content (AvgIpc) is 3.47. The van der Waals surface area contributed by atoms with Gasteiger partial charge >= 0.3 is 0 Å². The second-order valence-electron chi connectivity index (χ2n) is 7.01. The summed E-state index contributed by atoms with van der Waals surface area (Å²) >= 11 is 0. The Bertz CT molecular complexity index is 1170. The maximum Gasteiger partial charge on any atom is 0.244 e. The number of hydrogen-bond acceptors (Lipinski definition) is 4. The number of carbonyl (C=O) groups is 1. The molecule has 0 saturated heterocycles. The summed E-state index contributed by atoms with van der Waals surface area (Å²) in [6.07, 6.45) is 5.80. The molecule has 3 heterocycles. The van der Waals surface area contributed by atoms with E-state index in [1.165, 1.54) is 6.08 Å². The maximum atomic E-state index is 12.3. The van der Waals surface area contributed by atoms with Crippen molar-refractivity contribution in [1.82, 2.24) is 15.1 Å². The van der Waals surface area contributed by atoms with Crippen molar-refractivity contribution in [3.63, 3.8) is 0 Å². The number of carbonyl (C=O) groups excluding carboxylic acids is 1. The zero-order valence-electron chi connectivity index (χ0n) is 17.0. The van der Waals surface area contributed by atoms with Crippen LogP contribution in [0.25, 0.3) is 23.2 Å². The Morgan fingerprint density at radius 2 is 1.80 bits per heavy atom. The molecule has 3 aromatic heterocycles. The summed E-state index contributed by atoms with van der Waals surface area (Å²) in [4.78, 5) is 12.3. The molecule has 30 heavy (non-hydrogen) atoms. The highest BCUT2D eigenvalue weighted by atomic mass is 16.3. The van der Waals surface area contributed by atoms with Gasteiger partial charge in [0, 0.05) is 30.8 Å². The Balaban J connectivity index is 1.50. The number of amides is 1. The number of furan rings is 2. The van der Waals surface area contributed by atoms with E-state index in [-0.39, 0.29) is 5.91 Å². The van der Waals surface area contributed by atoms with E-state index in [4.69, 9.17) is 8.83 Å². The lowest BCUT2D eigenvalue weighted by molar-refractivity contribution is -0.116. The highest BCUT2D eigenvalue weighted by molar-refractivity contribution is 5.92. The van der Waals surface area contributed by atoms with E-state index in [2.05, 4.69) is 10.4 Å². The molecule has 6 nitrogen and oxygen atoms in total. The molecule has 0 atom stereocenters. The molecule has 6 heteroatoms. The van der Waals surface area contributed by atoms with E-state index in [9.17, 15) is 4.79 Å². The van der Waals surface area contributed by atoms with Gasteiger partial charge in [0.2, 0.25) is 5.91 Å². The molecule has 4 rings (SSSR count). The topological polar surface area (TPSA) is 73.2 Å². The van der Waals surface area contributed by atoms with Crippen molar-refractivity contribution in [2.24, 2.45) is 0 Å². The van der Waals surface area contributed by atoms with Gasteiger partial charge in [0.15, 0.2) is 5.76 Å². The van der Waals surface area contributed by atoms with Gasteiger partial charge in [-0.3, -0.25) is 4.79 Å². The van der Waals surface area contributed by atoms with E-state index in [1.54, 1.807) is 10.8 Å². The van der Waals surface area contributed by atoms with Gasteiger partial charge in [0.25, 0.3) is 0 Å². The molecule has 0 spiro atoms. The molecule has 1 aromatic carbocycles. The minimum absolute atomic E-state index is 0.174. The quantitative estimate of drug-likeness (QED) is 0.455. The Morgan fingerprint density at radius 3 is 2.50 bits per heavy atom. The van der Waals surface area contributed by atoms with Crippen molar-refractivity contribution < 1.29 is 13.6 Å². The summed E-state index contributed by atoms with van der Waals surface area (Å²) in [7, 11) is 0. The van der Waals surface area contributed by atoms with Crippen LogP contribution in [0.3, 0.4) is 0 Å². The molecule has 0 fully saturated rings. The summed E-state index contributed by atoms with van der Waals surface area (Å²) in [5.74, 6) is 3.02. The van der Waals surface area contributed by atoms with Crippen LogP contribution in [0.15, 0.2) is 75.7 Å². The monoisotopic (exact) mass is 401 g/mol. The lowest BCUT2D eigenvalue weighted by Gasteiger charge is -2.00. The van der Waals surface area contributed by atoms with Crippen LogP contribution in [0.2, 0.25) is 0 Å². The third-order valence-electron chi connectivity index (χ3n) is 4.62. The summed E-state index contributed by atoms with van der Waals surface area (Å²) in [5, 5.41) is 7.55. The first-order valence-corrected chi connectivity index (χ1v) is 9.81. The van der Waals surface area contributed by atoms with E-state index in [0.29, 0.717) is 24.4 Å². The molecule has 0 saturated carbocycles. The van der Waals surface area contributed by atoms with E-state index in [0.717, 1.165) is 28.5 Å². The third kappa shape index (κ3) is 4.60. The average molecular weight is 401 g/mol. The lowest BCUT2D eigenvalue weighted by Crippen LogP contribution is -2.23. The summed E-state index contributed by atoms with van der Waals surface area (Å²) in [6.45, 7) is 4.29. The molecular formula is C24H23N3O3. The smallest absolute Gasteiger partial charge is 0.244 e. The maximum absolute atomic E-state index is 12.3. The number of benzene rings is 1. The first-order valence-electron chi connectivity index (χ1n) is 9.81. The predicted molar refractivity (Wildman–Crippen MR) is 115 cm³/mol. The van der Waals surface area contributed by atoms with Gasteiger partial charge < -0.3 is 14.2 Å². The van der Waals surface area contributed by atoms with Crippen LogP contribution in [-0.2, 0) is 11.2 Å². The fourth-order valence-corrected chi connectivity index (χ4v) is 3.13. The van der Waals surface area contributed by atoms with Crippen molar-refractivity contribution in [3.8, 4) is 17.1 Å². The van der Waals surface area contributed by atoms with Crippen LogP contribution >= 0.6 is 0 Å². The summed E-state index contributed by atoms with van der Waals surface area (Å²) in [6, 6.07) is 17.4. The fourth-order valence-electron chi connectivity index (χ4n) is 3.13. The zero-order chi connectivity index (χ0) is 20.9. The number of para-hydroxylation sites is 1. The second-order valence-corrected chi connectivity index (χ2v) is 7.01. The SMILES string of the molecule is Cc1ccc(CCNC(=O)/C=C/c2cn(-c3ccccc3)nc2-c2ccc(C)o2)o1. The second kappa shape index (κ2) is 8.69. The third-order valence-corrected chi connectivity index (χ3v) is 4.62. The van der Waals surface area contributed by atoms with E-state index < -0.39 is 0 Å². The Kier molecular flexibility index (Phi) is 5.66. The molecular weight excluding hydrogens is 378 g/mol. The van der Waals surface area contributed by atoms with E-state index in [1.807, 2.05) is 74.6 Å². The first-order chi connectivity index (χ1) is 14.6. The van der Waals surface area contributed by atoms with Crippen LogP contribution in [-0.4, -0.2) is 22.2 Å². The number of rotatable bonds is 7. The zero-order valence-corrected chi connectivity index (χ0v) is 17.0. The van der Waals surface area contributed by atoms with Gasteiger partial charge in [-0.2, -0.15) is 5.10 Å².